The van der Waals surface area contributed by atoms with E-state index in [1.54, 1.807) is 0 Å². The quantitative estimate of drug-likeness (QED) is 0.805. The van der Waals surface area contributed by atoms with Crippen molar-refractivity contribution in [2.24, 2.45) is 0 Å². The first-order valence-electron chi connectivity index (χ1n) is 6.24. The Morgan fingerprint density at radius 1 is 1.26 bits per heavy atom. The van der Waals surface area contributed by atoms with E-state index in [0.29, 0.717) is 25.0 Å². The van der Waals surface area contributed by atoms with Crippen LogP contribution in [0.25, 0.3) is 0 Å². The minimum absolute atomic E-state index is 0.561. The normalized spacial score (nSPS) is 10.2. The summed E-state index contributed by atoms with van der Waals surface area (Å²) in [4.78, 5) is 8.61. The number of aryl methyl sites for hydroxylation is 1. The third-order valence-electron chi connectivity index (χ3n) is 2.52. The van der Waals surface area contributed by atoms with Crippen molar-refractivity contribution in [1.29, 1.82) is 0 Å². The number of benzene rings is 1. The standard InChI is InChI=1S/C14H18N4O/c1-3-19-13-7-10(2)17-14(18-13)16-9-11-5-4-6-12(15)8-11/h4-8H,3,9,15H2,1-2H3,(H,16,17,18). The van der Waals surface area contributed by atoms with Crippen molar-refractivity contribution in [3.8, 4) is 5.88 Å². The van der Waals surface area contributed by atoms with Crippen molar-refractivity contribution >= 4 is 11.6 Å². The van der Waals surface area contributed by atoms with E-state index in [0.717, 1.165) is 16.9 Å². The van der Waals surface area contributed by atoms with Crippen molar-refractivity contribution in [3.05, 3.63) is 41.6 Å². The van der Waals surface area contributed by atoms with Crippen molar-refractivity contribution in [2.75, 3.05) is 17.7 Å². The minimum atomic E-state index is 0.561. The highest BCUT2D eigenvalue weighted by molar-refractivity contribution is 5.42. The fraction of sp³-hybridized carbons (Fsp3) is 0.286. The van der Waals surface area contributed by atoms with Crippen LogP contribution in [0.1, 0.15) is 18.2 Å². The second-order valence-corrected chi connectivity index (χ2v) is 4.20. The van der Waals surface area contributed by atoms with E-state index >= 15 is 0 Å². The van der Waals surface area contributed by atoms with Crippen LogP contribution in [0.5, 0.6) is 5.88 Å². The van der Waals surface area contributed by atoms with Gasteiger partial charge in [0.25, 0.3) is 0 Å². The molecule has 0 spiro atoms. The van der Waals surface area contributed by atoms with Gasteiger partial charge in [0.15, 0.2) is 0 Å². The molecule has 0 aliphatic rings. The molecule has 5 nitrogen and oxygen atoms in total. The fourth-order valence-electron chi connectivity index (χ4n) is 1.72. The molecule has 0 bridgehead atoms. The smallest absolute Gasteiger partial charge is 0.226 e. The van der Waals surface area contributed by atoms with Crippen molar-refractivity contribution in [2.45, 2.75) is 20.4 Å². The SMILES string of the molecule is CCOc1cc(C)nc(NCc2cccc(N)c2)n1. The van der Waals surface area contributed by atoms with Crippen LogP contribution in [0, 0.1) is 6.92 Å². The van der Waals surface area contributed by atoms with Gasteiger partial charge in [0, 0.05) is 24.0 Å². The van der Waals surface area contributed by atoms with E-state index in [9.17, 15) is 0 Å². The van der Waals surface area contributed by atoms with Gasteiger partial charge >= 0.3 is 0 Å². The Bertz CT molecular complexity index is 557. The molecule has 0 atom stereocenters. The summed E-state index contributed by atoms with van der Waals surface area (Å²) in [5.41, 5.74) is 8.44. The van der Waals surface area contributed by atoms with E-state index < -0.39 is 0 Å². The predicted molar refractivity (Wildman–Crippen MR) is 76.1 cm³/mol. The van der Waals surface area contributed by atoms with Gasteiger partial charge in [-0.1, -0.05) is 12.1 Å². The van der Waals surface area contributed by atoms with Crippen LogP contribution >= 0.6 is 0 Å². The molecule has 1 heterocycles. The predicted octanol–water partition coefficient (Wildman–Crippen LogP) is 2.38. The van der Waals surface area contributed by atoms with E-state index in [-0.39, 0.29) is 0 Å². The first-order chi connectivity index (χ1) is 9.17. The average Bonchev–Trinajstić information content (AvgIpc) is 2.36. The van der Waals surface area contributed by atoms with Crippen LogP contribution in [0.3, 0.4) is 0 Å². The van der Waals surface area contributed by atoms with Crippen molar-refractivity contribution in [3.63, 3.8) is 0 Å². The monoisotopic (exact) mass is 258 g/mol. The van der Waals surface area contributed by atoms with Crippen molar-refractivity contribution < 1.29 is 4.74 Å². The molecule has 0 aliphatic heterocycles. The second kappa shape index (κ2) is 6.04. The molecule has 19 heavy (non-hydrogen) atoms. The maximum absolute atomic E-state index is 5.74. The molecule has 0 amide bonds. The zero-order valence-corrected chi connectivity index (χ0v) is 11.2. The Kier molecular flexibility index (Phi) is 4.18. The number of nitrogen functional groups attached to an aromatic ring is 1. The van der Waals surface area contributed by atoms with Crippen LogP contribution < -0.4 is 15.8 Å². The summed E-state index contributed by atoms with van der Waals surface area (Å²) in [5.74, 6) is 1.15. The van der Waals surface area contributed by atoms with Crippen molar-refractivity contribution in [1.82, 2.24) is 9.97 Å². The number of nitrogens with two attached hydrogens (primary N) is 1. The lowest BCUT2D eigenvalue weighted by molar-refractivity contribution is 0.326. The Labute approximate surface area is 112 Å². The Balaban J connectivity index is 2.06. The summed E-state index contributed by atoms with van der Waals surface area (Å²) in [7, 11) is 0. The van der Waals surface area contributed by atoms with E-state index in [4.69, 9.17) is 10.5 Å². The number of nitrogens with one attached hydrogen (secondary N) is 1. The first kappa shape index (κ1) is 13.1. The van der Waals surface area contributed by atoms with Crippen LogP contribution in [0.2, 0.25) is 0 Å². The second-order valence-electron chi connectivity index (χ2n) is 4.20. The summed E-state index contributed by atoms with van der Waals surface area (Å²) >= 11 is 0. The zero-order valence-electron chi connectivity index (χ0n) is 11.2. The Hall–Kier alpha value is -2.30. The molecular formula is C14H18N4O. The topological polar surface area (TPSA) is 73.1 Å². The molecular weight excluding hydrogens is 240 g/mol. The molecule has 2 rings (SSSR count). The Morgan fingerprint density at radius 2 is 2.11 bits per heavy atom. The molecule has 1 aromatic carbocycles. The number of ether oxygens (including phenoxy) is 1. The Morgan fingerprint density at radius 3 is 2.84 bits per heavy atom. The maximum Gasteiger partial charge on any atom is 0.226 e. The largest absolute Gasteiger partial charge is 0.478 e. The van der Waals surface area contributed by atoms with E-state index in [1.807, 2.05) is 44.2 Å². The molecule has 5 heteroatoms. The van der Waals surface area contributed by atoms with Gasteiger partial charge in [-0.3, -0.25) is 0 Å². The number of aromatic nitrogens is 2. The van der Waals surface area contributed by atoms with Gasteiger partial charge in [0.05, 0.1) is 6.61 Å². The van der Waals surface area contributed by atoms with Gasteiger partial charge < -0.3 is 15.8 Å². The molecule has 3 N–H and O–H groups in total. The summed E-state index contributed by atoms with van der Waals surface area (Å²) in [6.07, 6.45) is 0. The molecule has 0 saturated carbocycles. The van der Waals surface area contributed by atoms with E-state index in [2.05, 4.69) is 15.3 Å². The number of hydrogen-bond acceptors (Lipinski definition) is 5. The summed E-state index contributed by atoms with van der Waals surface area (Å²) < 4.78 is 5.39. The summed E-state index contributed by atoms with van der Waals surface area (Å²) in [6.45, 7) is 5.05. The third-order valence-corrected chi connectivity index (χ3v) is 2.52. The molecule has 0 unspecified atom stereocenters. The lowest BCUT2D eigenvalue weighted by Crippen LogP contribution is -2.06. The minimum Gasteiger partial charge on any atom is -0.478 e. The first-order valence-corrected chi connectivity index (χ1v) is 6.24. The lowest BCUT2D eigenvalue weighted by Gasteiger charge is -2.08. The number of rotatable bonds is 5. The average molecular weight is 258 g/mol. The molecule has 0 radical (unpaired) electrons. The number of hydrogen-bond donors (Lipinski definition) is 2. The van der Waals surface area contributed by atoms with Crippen LogP contribution in [-0.2, 0) is 6.54 Å². The molecule has 1 aromatic heterocycles. The zero-order chi connectivity index (χ0) is 13.7. The van der Waals surface area contributed by atoms with Gasteiger partial charge in [-0.15, -0.1) is 0 Å². The van der Waals surface area contributed by atoms with Crippen LogP contribution in [-0.4, -0.2) is 16.6 Å². The molecule has 100 valence electrons. The molecule has 0 fully saturated rings. The number of nitrogens with zero attached hydrogens (tertiary/aromatic N) is 2. The molecule has 0 saturated heterocycles. The third kappa shape index (κ3) is 3.84. The molecule has 2 aromatic rings. The van der Waals surface area contributed by atoms with Gasteiger partial charge in [-0.25, -0.2) is 4.98 Å². The van der Waals surface area contributed by atoms with Gasteiger partial charge in [-0.05, 0) is 31.5 Å². The lowest BCUT2D eigenvalue weighted by atomic mass is 10.2. The van der Waals surface area contributed by atoms with Crippen LogP contribution in [0.15, 0.2) is 30.3 Å². The maximum atomic E-state index is 5.74. The highest BCUT2D eigenvalue weighted by atomic mass is 16.5. The highest BCUT2D eigenvalue weighted by Gasteiger charge is 2.02. The summed E-state index contributed by atoms with van der Waals surface area (Å²) in [5, 5.41) is 3.17. The van der Waals surface area contributed by atoms with Gasteiger partial charge in [0.2, 0.25) is 11.8 Å². The fourth-order valence-corrected chi connectivity index (χ4v) is 1.72. The number of anilines is 2. The van der Waals surface area contributed by atoms with Gasteiger partial charge in [0.1, 0.15) is 0 Å². The van der Waals surface area contributed by atoms with Crippen LogP contribution in [0.4, 0.5) is 11.6 Å². The summed E-state index contributed by atoms with van der Waals surface area (Å²) in [6, 6.07) is 9.53. The molecule has 0 aliphatic carbocycles. The highest BCUT2D eigenvalue weighted by Crippen LogP contribution is 2.13. The van der Waals surface area contributed by atoms with E-state index in [1.165, 1.54) is 0 Å². The van der Waals surface area contributed by atoms with Gasteiger partial charge in [-0.2, -0.15) is 4.98 Å².